The minimum atomic E-state index is 0.00686. The van der Waals surface area contributed by atoms with Crippen LogP contribution in [0.25, 0.3) is 11.0 Å². The summed E-state index contributed by atoms with van der Waals surface area (Å²) in [6, 6.07) is 7.99. The first-order valence-corrected chi connectivity index (χ1v) is 6.45. The van der Waals surface area contributed by atoms with Crippen LogP contribution in [0.2, 0.25) is 0 Å². The first-order valence-electron chi connectivity index (χ1n) is 6.45. The smallest absolute Gasteiger partial charge is 0.139 e. The summed E-state index contributed by atoms with van der Waals surface area (Å²) < 4.78 is 7.13. The van der Waals surface area contributed by atoms with E-state index in [9.17, 15) is 0 Å². The van der Waals surface area contributed by atoms with Crippen LogP contribution in [0.3, 0.4) is 0 Å². The van der Waals surface area contributed by atoms with Crippen LogP contribution >= 0.6 is 0 Å². The molecule has 0 bridgehead atoms. The maximum atomic E-state index is 5.29. The molecule has 1 atom stereocenters. The molecule has 1 unspecified atom stereocenters. The Hall–Kier alpha value is -2.34. The fourth-order valence-electron chi connectivity index (χ4n) is 2.28. The van der Waals surface area contributed by atoms with E-state index in [2.05, 4.69) is 20.4 Å². The van der Waals surface area contributed by atoms with Crippen LogP contribution in [0.5, 0.6) is 0 Å². The van der Waals surface area contributed by atoms with Gasteiger partial charge in [0.25, 0.3) is 0 Å². The van der Waals surface area contributed by atoms with Crippen LogP contribution in [-0.2, 0) is 11.8 Å². The number of fused-ring (bicyclic) bond motifs is 1. The van der Waals surface area contributed by atoms with Gasteiger partial charge in [-0.05, 0) is 24.3 Å². The average molecular weight is 271 g/mol. The highest BCUT2D eigenvalue weighted by Crippen LogP contribution is 2.20. The topological polar surface area (TPSA) is 67.8 Å². The molecular weight excluding hydrogens is 254 g/mol. The molecule has 3 heterocycles. The van der Waals surface area contributed by atoms with E-state index in [-0.39, 0.29) is 6.04 Å². The molecule has 0 amide bonds. The number of pyridine rings is 1. The molecule has 0 aliphatic rings. The number of aromatic amines is 1. The van der Waals surface area contributed by atoms with Gasteiger partial charge in [-0.3, -0.25) is 4.68 Å². The van der Waals surface area contributed by atoms with Gasteiger partial charge in [0.05, 0.1) is 18.3 Å². The maximum Gasteiger partial charge on any atom is 0.139 e. The number of aryl methyl sites for hydroxylation is 1. The standard InChI is InChI=1S/C14H17N5O/c1-19-12(6-8-16-19)11(9-20-2)17-13-4-3-10-5-7-15-14(10)18-13/h3-8,11H,9H2,1-2H3,(H2,15,17,18). The number of hydrogen-bond acceptors (Lipinski definition) is 4. The van der Waals surface area contributed by atoms with Gasteiger partial charge in [-0.15, -0.1) is 0 Å². The molecule has 2 N–H and O–H groups in total. The van der Waals surface area contributed by atoms with E-state index >= 15 is 0 Å². The zero-order chi connectivity index (χ0) is 13.9. The van der Waals surface area contributed by atoms with Crippen molar-refractivity contribution in [1.29, 1.82) is 0 Å². The van der Waals surface area contributed by atoms with E-state index in [1.165, 1.54) is 0 Å². The summed E-state index contributed by atoms with van der Waals surface area (Å²) in [5.74, 6) is 0.809. The number of nitrogens with zero attached hydrogens (tertiary/aromatic N) is 3. The van der Waals surface area contributed by atoms with Crippen LogP contribution in [0.15, 0.2) is 36.7 Å². The van der Waals surface area contributed by atoms with Gasteiger partial charge in [-0.25, -0.2) is 4.98 Å². The van der Waals surface area contributed by atoms with Crippen molar-refractivity contribution in [2.75, 3.05) is 19.0 Å². The SMILES string of the molecule is COCC(Nc1ccc2cc[nH]c2n1)c1ccnn1C. The molecule has 104 valence electrons. The van der Waals surface area contributed by atoms with Crippen molar-refractivity contribution in [3.63, 3.8) is 0 Å². The molecule has 0 aromatic carbocycles. The number of anilines is 1. The Kier molecular flexibility index (Phi) is 3.39. The second-order valence-electron chi connectivity index (χ2n) is 4.64. The van der Waals surface area contributed by atoms with Crippen LogP contribution in [-0.4, -0.2) is 33.5 Å². The van der Waals surface area contributed by atoms with Crippen LogP contribution < -0.4 is 5.32 Å². The third-order valence-electron chi connectivity index (χ3n) is 3.28. The Labute approximate surface area is 116 Å². The number of hydrogen-bond donors (Lipinski definition) is 2. The largest absolute Gasteiger partial charge is 0.382 e. The van der Waals surface area contributed by atoms with Crippen LogP contribution in [0.1, 0.15) is 11.7 Å². The van der Waals surface area contributed by atoms with E-state index in [1.54, 1.807) is 13.3 Å². The molecule has 3 aromatic heterocycles. The first-order chi connectivity index (χ1) is 9.78. The van der Waals surface area contributed by atoms with Crippen molar-refractivity contribution in [1.82, 2.24) is 19.7 Å². The number of nitrogens with one attached hydrogen (secondary N) is 2. The summed E-state index contributed by atoms with van der Waals surface area (Å²) in [5, 5.41) is 8.68. The molecule has 0 fully saturated rings. The molecule has 0 spiro atoms. The minimum absolute atomic E-state index is 0.00686. The van der Waals surface area contributed by atoms with E-state index in [0.29, 0.717) is 6.61 Å². The summed E-state index contributed by atoms with van der Waals surface area (Å²) in [4.78, 5) is 7.66. The fourth-order valence-corrected chi connectivity index (χ4v) is 2.28. The molecule has 6 nitrogen and oxygen atoms in total. The lowest BCUT2D eigenvalue weighted by atomic mass is 10.2. The van der Waals surface area contributed by atoms with Crippen molar-refractivity contribution in [2.24, 2.45) is 7.05 Å². The first kappa shape index (κ1) is 12.7. The fraction of sp³-hybridized carbons (Fsp3) is 0.286. The summed E-state index contributed by atoms with van der Waals surface area (Å²) >= 11 is 0. The van der Waals surface area contributed by atoms with Gasteiger partial charge in [0, 0.05) is 31.9 Å². The zero-order valence-electron chi connectivity index (χ0n) is 11.5. The number of rotatable bonds is 5. The zero-order valence-corrected chi connectivity index (χ0v) is 11.5. The molecule has 20 heavy (non-hydrogen) atoms. The van der Waals surface area contributed by atoms with Crippen molar-refractivity contribution >= 4 is 16.9 Å². The highest BCUT2D eigenvalue weighted by molar-refractivity contribution is 5.77. The van der Waals surface area contributed by atoms with Crippen LogP contribution in [0.4, 0.5) is 5.82 Å². The van der Waals surface area contributed by atoms with Gasteiger partial charge in [0.15, 0.2) is 0 Å². The third-order valence-corrected chi connectivity index (χ3v) is 3.28. The minimum Gasteiger partial charge on any atom is -0.382 e. The van der Waals surface area contributed by atoms with Crippen molar-refractivity contribution in [2.45, 2.75) is 6.04 Å². The average Bonchev–Trinajstić information content (AvgIpc) is 3.06. The lowest BCUT2D eigenvalue weighted by Gasteiger charge is -2.18. The molecule has 0 radical (unpaired) electrons. The Balaban J connectivity index is 1.87. The molecule has 3 aromatic rings. The van der Waals surface area contributed by atoms with Crippen LogP contribution in [0, 0.1) is 0 Å². The lowest BCUT2D eigenvalue weighted by molar-refractivity contribution is 0.184. The van der Waals surface area contributed by atoms with E-state index in [0.717, 1.165) is 22.5 Å². The summed E-state index contributed by atoms with van der Waals surface area (Å²) in [6.45, 7) is 0.546. The van der Waals surface area contributed by atoms with E-state index in [1.807, 2.05) is 42.2 Å². The van der Waals surface area contributed by atoms with Crippen molar-refractivity contribution in [3.8, 4) is 0 Å². The predicted molar refractivity (Wildman–Crippen MR) is 77.5 cm³/mol. The predicted octanol–water partition coefficient (Wildman–Crippen LogP) is 2.10. The second kappa shape index (κ2) is 5.34. The van der Waals surface area contributed by atoms with Gasteiger partial charge >= 0.3 is 0 Å². The normalized spacial score (nSPS) is 12.7. The van der Waals surface area contributed by atoms with Crippen molar-refractivity contribution in [3.05, 3.63) is 42.4 Å². The molecule has 0 saturated carbocycles. The number of H-pyrrole nitrogens is 1. The Morgan fingerprint density at radius 1 is 1.35 bits per heavy atom. The molecule has 6 heteroatoms. The highest BCUT2D eigenvalue weighted by Gasteiger charge is 2.15. The van der Waals surface area contributed by atoms with Gasteiger partial charge in [0.2, 0.25) is 0 Å². The third kappa shape index (κ3) is 2.37. The molecule has 0 aliphatic heterocycles. The Morgan fingerprint density at radius 3 is 3.00 bits per heavy atom. The second-order valence-corrected chi connectivity index (χ2v) is 4.64. The lowest BCUT2D eigenvalue weighted by Crippen LogP contribution is -2.20. The van der Waals surface area contributed by atoms with E-state index in [4.69, 9.17) is 4.74 Å². The molecular formula is C14H17N5O. The van der Waals surface area contributed by atoms with Crippen molar-refractivity contribution < 1.29 is 4.74 Å². The number of aromatic nitrogens is 4. The van der Waals surface area contributed by atoms with E-state index < -0.39 is 0 Å². The summed E-state index contributed by atoms with van der Waals surface area (Å²) in [6.07, 6.45) is 3.66. The highest BCUT2D eigenvalue weighted by atomic mass is 16.5. The Morgan fingerprint density at radius 2 is 2.25 bits per heavy atom. The Bertz CT molecular complexity index is 702. The quantitative estimate of drug-likeness (QED) is 0.745. The van der Waals surface area contributed by atoms with Gasteiger partial charge < -0.3 is 15.0 Å². The summed E-state index contributed by atoms with van der Waals surface area (Å²) in [7, 11) is 3.61. The maximum absolute atomic E-state index is 5.29. The molecule has 0 saturated heterocycles. The number of methoxy groups -OCH3 is 1. The molecule has 0 aliphatic carbocycles. The molecule has 3 rings (SSSR count). The van der Waals surface area contributed by atoms with Gasteiger partial charge in [-0.1, -0.05) is 0 Å². The number of ether oxygens (including phenoxy) is 1. The van der Waals surface area contributed by atoms with Gasteiger partial charge in [-0.2, -0.15) is 5.10 Å². The monoisotopic (exact) mass is 271 g/mol. The van der Waals surface area contributed by atoms with Gasteiger partial charge in [0.1, 0.15) is 11.5 Å². The summed E-state index contributed by atoms with van der Waals surface area (Å²) in [5.41, 5.74) is 1.93.